The van der Waals surface area contributed by atoms with E-state index in [2.05, 4.69) is 26.8 Å². The van der Waals surface area contributed by atoms with Gasteiger partial charge in [0, 0.05) is 25.2 Å². The van der Waals surface area contributed by atoms with Gasteiger partial charge in [-0.15, -0.1) is 0 Å². The molecule has 0 bridgehead atoms. The molecule has 0 unspecified atom stereocenters. The molecule has 0 aliphatic rings. The summed E-state index contributed by atoms with van der Waals surface area (Å²) in [6, 6.07) is 19.4. The Morgan fingerprint density at radius 3 is 2.57 bits per heavy atom. The molecular weight excluding hydrogens is 398 g/mol. The number of aryl methyl sites for hydroxylation is 1. The van der Waals surface area contributed by atoms with Gasteiger partial charge in [0.15, 0.2) is 5.96 Å². The summed E-state index contributed by atoms with van der Waals surface area (Å²) in [6.07, 6.45) is 1.41. The summed E-state index contributed by atoms with van der Waals surface area (Å²) in [5, 5.41) is 21.3. The predicted molar refractivity (Wildman–Crippen MR) is 121 cm³/mol. The number of nitriles is 1. The Kier molecular flexibility index (Phi) is 7.30. The van der Waals surface area contributed by atoms with Crippen molar-refractivity contribution in [3.63, 3.8) is 0 Å². The number of nitrogens with one attached hydrogen (secondary N) is 2. The van der Waals surface area contributed by atoms with Crippen LogP contribution in [0.15, 0.2) is 59.6 Å². The van der Waals surface area contributed by atoms with Crippen LogP contribution in [0.1, 0.15) is 23.2 Å². The number of nitrogen functional groups attached to an aromatic ring is 1. The summed E-state index contributed by atoms with van der Waals surface area (Å²) >= 11 is 5.91. The van der Waals surface area contributed by atoms with Crippen molar-refractivity contribution >= 4 is 23.4 Å². The van der Waals surface area contributed by atoms with E-state index in [-0.39, 0.29) is 0 Å². The van der Waals surface area contributed by atoms with E-state index < -0.39 is 0 Å². The Labute approximate surface area is 181 Å². The topological polar surface area (TPSA) is 104 Å². The van der Waals surface area contributed by atoms with E-state index >= 15 is 0 Å². The van der Waals surface area contributed by atoms with Gasteiger partial charge in [0.25, 0.3) is 0 Å². The number of nitrogens with two attached hydrogens (primary N) is 1. The first-order valence-corrected chi connectivity index (χ1v) is 10.0. The lowest BCUT2D eigenvalue weighted by Gasteiger charge is -2.11. The molecule has 3 rings (SSSR count). The van der Waals surface area contributed by atoms with Crippen molar-refractivity contribution in [2.45, 2.75) is 19.4 Å². The average molecular weight is 422 g/mol. The van der Waals surface area contributed by atoms with Crippen LogP contribution in [0.5, 0.6) is 0 Å². The summed E-state index contributed by atoms with van der Waals surface area (Å²) in [4.78, 5) is 4.23. The highest BCUT2D eigenvalue weighted by Crippen LogP contribution is 2.21. The van der Waals surface area contributed by atoms with E-state index in [4.69, 9.17) is 17.3 Å². The number of para-hydroxylation sites is 1. The van der Waals surface area contributed by atoms with Crippen LogP contribution in [0.3, 0.4) is 0 Å². The van der Waals surface area contributed by atoms with Gasteiger partial charge in [-0.3, -0.25) is 4.99 Å². The first kappa shape index (κ1) is 21.2. The van der Waals surface area contributed by atoms with Crippen LogP contribution >= 0.6 is 11.6 Å². The number of hydrogen-bond donors (Lipinski definition) is 3. The van der Waals surface area contributed by atoms with Crippen molar-refractivity contribution in [2.75, 3.05) is 19.3 Å². The van der Waals surface area contributed by atoms with Crippen LogP contribution < -0.4 is 16.4 Å². The Morgan fingerprint density at radius 2 is 1.90 bits per heavy atom. The first-order valence-electron chi connectivity index (χ1n) is 9.64. The molecule has 0 saturated heterocycles. The lowest BCUT2D eigenvalue weighted by atomic mass is 10.1. The third-order valence-corrected chi connectivity index (χ3v) is 4.84. The lowest BCUT2D eigenvalue weighted by molar-refractivity contribution is 0.722. The fourth-order valence-corrected chi connectivity index (χ4v) is 3.14. The van der Waals surface area contributed by atoms with Crippen LogP contribution in [0.2, 0.25) is 5.02 Å². The maximum atomic E-state index is 9.50. The van der Waals surface area contributed by atoms with Gasteiger partial charge in [-0.05, 0) is 42.7 Å². The zero-order valence-corrected chi connectivity index (χ0v) is 17.5. The maximum Gasteiger partial charge on any atom is 0.191 e. The van der Waals surface area contributed by atoms with Crippen LogP contribution in [0, 0.1) is 11.3 Å². The molecule has 0 aliphatic heterocycles. The monoisotopic (exact) mass is 421 g/mol. The highest BCUT2D eigenvalue weighted by atomic mass is 35.5. The molecule has 0 fully saturated rings. The van der Waals surface area contributed by atoms with Gasteiger partial charge in [-0.25, -0.2) is 4.68 Å². The van der Waals surface area contributed by atoms with E-state index in [0.29, 0.717) is 47.6 Å². The molecular formula is C22H24ClN7. The first-order chi connectivity index (χ1) is 14.6. The summed E-state index contributed by atoms with van der Waals surface area (Å²) in [5.74, 6) is 1.08. The van der Waals surface area contributed by atoms with Gasteiger partial charge >= 0.3 is 0 Å². The predicted octanol–water partition coefficient (Wildman–Crippen LogP) is 3.28. The number of benzene rings is 2. The third kappa shape index (κ3) is 5.31. The fraction of sp³-hybridized carbons (Fsp3) is 0.227. The van der Waals surface area contributed by atoms with Gasteiger partial charge in [-0.2, -0.15) is 10.4 Å². The van der Waals surface area contributed by atoms with Gasteiger partial charge in [-0.1, -0.05) is 41.9 Å². The zero-order valence-electron chi connectivity index (χ0n) is 16.8. The molecule has 30 heavy (non-hydrogen) atoms. The number of hydrogen-bond acceptors (Lipinski definition) is 4. The molecule has 1 heterocycles. The number of nitrogens with zero attached hydrogens (tertiary/aromatic N) is 4. The number of aromatic nitrogens is 2. The largest absolute Gasteiger partial charge is 0.382 e. The number of anilines is 1. The summed E-state index contributed by atoms with van der Waals surface area (Å²) in [6.45, 7) is 1.33. The molecule has 7 nitrogen and oxygen atoms in total. The van der Waals surface area contributed by atoms with E-state index in [1.165, 1.54) is 0 Å². The highest BCUT2D eigenvalue weighted by Gasteiger charge is 2.16. The normalized spacial score (nSPS) is 11.2. The van der Waals surface area contributed by atoms with Crippen LogP contribution in [-0.4, -0.2) is 29.3 Å². The van der Waals surface area contributed by atoms with Crippen LogP contribution in [-0.2, 0) is 13.0 Å². The minimum absolute atomic E-state index is 0.368. The minimum Gasteiger partial charge on any atom is -0.382 e. The minimum atomic E-state index is 0.368. The van der Waals surface area contributed by atoms with Crippen LogP contribution in [0.25, 0.3) is 5.69 Å². The Bertz CT molecular complexity index is 1030. The smallest absolute Gasteiger partial charge is 0.191 e. The highest BCUT2D eigenvalue weighted by molar-refractivity contribution is 6.30. The summed E-state index contributed by atoms with van der Waals surface area (Å²) in [7, 11) is 1.73. The molecule has 4 N–H and O–H groups in total. The Hall–Kier alpha value is -3.50. The summed E-state index contributed by atoms with van der Waals surface area (Å²) in [5.41, 5.74) is 9.23. The number of halogens is 1. The zero-order chi connectivity index (χ0) is 21.3. The molecule has 154 valence electrons. The van der Waals surface area contributed by atoms with Gasteiger partial charge < -0.3 is 16.4 Å². The van der Waals surface area contributed by atoms with Crippen molar-refractivity contribution < 1.29 is 0 Å². The van der Waals surface area contributed by atoms with E-state index in [1.54, 1.807) is 11.7 Å². The van der Waals surface area contributed by atoms with Crippen molar-refractivity contribution in [2.24, 2.45) is 4.99 Å². The third-order valence-electron chi connectivity index (χ3n) is 4.59. The molecule has 0 spiro atoms. The number of guanidine groups is 1. The number of rotatable bonds is 7. The Balaban J connectivity index is 1.53. The molecule has 2 aromatic carbocycles. The molecule has 0 aliphatic carbocycles. The molecule has 3 aromatic rings. The molecule has 0 amide bonds. The SMILES string of the molecule is CN=C(NCCCc1nn(-c2ccccc2)c(N)c1C#N)NCc1ccc(Cl)cc1. The molecule has 8 heteroatoms. The lowest BCUT2D eigenvalue weighted by Crippen LogP contribution is -2.37. The van der Waals surface area contributed by atoms with Gasteiger partial charge in [0.05, 0.1) is 11.4 Å². The average Bonchev–Trinajstić information content (AvgIpc) is 3.10. The van der Waals surface area contributed by atoms with Crippen molar-refractivity contribution in [1.82, 2.24) is 20.4 Å². The van der Waals surface area contributed by atoms with E-state index in [0.717, 1.165) is 17.7 Å². The molecule has 0 radical (unpaired) electrons. The maximum absolute atomic E-state index is 9.50. The van der Waals surface area contributed by atoms with Crippen LogP contribution in [0.4, 0.5) is 5.82 Å². The van der Waals surface area contributed by atoms with E-state index in [9.17, 15) is 5.26 Å². The van der Waals surface area contributed by atoms with Gasteiger partial charge in [0.2, 0.25) is 0 Å². The molecule has 1 aromatic heterocycles. The fourth-order valence-electron chi connectivity index (χ4n) is 3.01. The number of aliphatic imine (C=N–C) groups is 1. The Morgan fingerprint density at radius 1 is 1.17 bits per heavy atom. The second-order valence-electron chi connectivity index (χ2n) is 6.65. The molecule has 0 atom stereocenters. The second-order valence-corrected chi connectivity index (χ2v) is 7.09. The van der Waals surface area contributed by atoms with Crippen molar-refractivity contribution in [3.8, 4) is 11.8 Å². The van der Waals surface area contributed by atoms with Crippen molar-refractivity contribution in [3.05, 3.63) is 76.4 Å². The summed E-state index contributed by atoms with van der Waals surface area (Å²) < 4.78 is 1.62. The van der Waals surface area contributed by atoms with Gasteiger partial charge in [0.1, 0.15) is 17.5 Å². The molecule has 0 saturated carbocycles. The van der Waals surface area contributed by atoms with Crippen molar-refractivity contribution in [1.29, 1.82) is 5.26 Å². The van der Waals surface area contributed by atoms with E-state index in [1.807, 2.05) is 54.6 Å². The quantitative estimate of drug-likeness (QED) is 0.308. The standard InChI is InChI=1S/C22H24ClN7/c1-26-22(28-15-16-9-11-17(23)12-10-16)27-13-5-8-20-19(14-24)21(25)30(29-20)18-6-3-2-4-7-18/h2-4,6-7,9-12H,5,8,13,15,25H2,1H3,(H2,26,27,28). The second kappa shape index (κ2) is 10.3.